The maximum absolute atomic E-state index is 3.24. The van der Waals surface area contributed by atoms with Crippen LogP contribution < -0.4 is 5.32 Å². The van der Waals surface area contributed by atoms with Crippen molar-refractivity contribution in [1.82, 2.24) is 5.32 Å². The zero-order valence-electron chi connectivity index (χ0n) is 10.4. The van der Waals surface area contributed by atoms with E-state index in [2.05, 4.69) is 67.4 Å². The van der Waals surface area contributed by atoms with Crippen LogP contribution in [-0.2, 0) is 0 Å². The minimum atomic E-state index is 0.749. The van der Waals surface area contributed by atoms with Gasteiger partial charge in [0.2, 0.25) is 0 Å². The summed E-state index contributed by atoms with van der Waals surface area (Å²) in [6, 6.07) is 12.7. The average Bonchev–Trinajstić information content (AvgIpc) is 2.37. The van der Waals surface area contributed by atoms with Gasteiger partial charge in [0.1, 0.15) is 0 Å². The van der Waals surface area contributed by atoms with Crippen molar-refractivity contribution < 1.29 is 0 Å². The van der Waals surface area contributed by atoms with Crippen LogP contribution in [0.25, 0.3) is 10.8 Å². The van der Waals surface area contributed by atoms with Crippen LogP contribution in [0.15, 0.2) is 36.4 Å². The summed E-state index contributed by atoms with van der Waals surface area (Å²) < 4.78 is 0. The normalized spacial score (nSPS) is 10.0. The molecule has 0 aliphatic carbocycles. The van der Waals surface area contributed by atoms with Gasteiger partial charge >= 0.3 is 0 Å². The summed E-state index contributed by atoms with van der Waals surface area (Å²) in [5, 5.41) is 5.75. The first-order chi connectivity index (χ1) is 8.33. The first-order valence-corrected chi connectivity index (χ1v) is 6.01. The van der Waals surface area contributed by atoms with E-state index in [4.69, 9.17) is 0 Å². The number of nitrogens with one attached hydrogen (secondary N) is 1. The topological polar surface area (TPSA) is 12.0 Å². The Hall–Kier alpha value is -1.78. The molecule has 0 aliphatic heterocycles. The third-order valence-electron chi connectivity index (χ3n) is 2.83. The Labute approximate surface area is 103 Å². The van der Waals surface area contributed by atoms with Crippen LogP contribution in [-0.4, -0.2) is 13.1 Å². The molecule has 17 heavy (non-hydrogen) atoms. The molecule has 0 aliphatic rings. The smallest absolute Gasteiger partial charge is 0.0580 e. The van der Waals surface area contributed by atoms with Crippen molar-refractivity contribution in [3.63, 3.8) is 0 Å². The van der Waals surface area contributed by atoms with Gasteiger partial charge in [-0.2, -0.15) is 0 Å². The molecule has 0 bridgehead atoms. The number of aryl methyl sites for hydroxylation is 1. The molecular formula is C16H17N. The van der Waals surface area contributed by atoms with Gasteiger partial charge < -0.3 is 5.32 Å². The lowest BCUT2D eigenvalue weighted by molar-refractivity contribution is 0.811. The lowest BCUT2D eigenvalue weighted by Gasteiger charge is -2.03. The molecule has 2 rings (SSSR count). The van der Waals surface area contributed by atoms with Crippen molar-refractivity contribution in [1.29, 1.82) is 0 Å². The van der Waals surface area contributed by atoms with E-state index in [-0.39, 0.29) is 0 Å². The fourth-order valence-electron chi connectivity index (χ4n) is 1.89. The number of hydrogen-bond donors (Lipinski definition) is 1. The fourth-order valence-corrected chi connectivity index (χ4v) is 1.89. The molecular weight excluding hydrogens is 206 g/mol. The van der Waals surface area contributed by atoms with E-state index in [0.717, 1.165) is 18.7 Å². The molecule has 0 spiro atoms. The Morgan fingerprint density at radius 1 is 1.06 bits per heavy atom. The molecule has 0 fully saturated rings. The van der Waals surface area contributed by atoms with E-state index >= 15 is 0 Å². The van der Waals surface area contributed by atoms with Crippen molar-refractivity contribution in [3.8, 4) is 11.8 Å². The highest BCUT2D eigenvalue weighted by atomic mass is 14.8. The molecule has 2 aromatic rings. The predicted molar refractivity (Wildman–Crippen MR) is 74.1 cm³/mol. The predicted octanol–water partition coefficient (Wildman–Crippen LogP) is 3.11. The maximum Gasteiger partial charge on any atom is 0.0580 e. The molecule has 0 heterocycles. The van der Waals surface area contributed by atoms with Crippen LogP contribution in [0.5, 0.6) is 0 Å². The number of fused-ring (bicyclic) bond motifs is 1. The van der Waals surface area contributed by atoms with E-state index in [9.17, 15) is 0 Å². The molecule has 0 amide bonds. The highest BCUT2D eigenvalue weighted by molar-refractivity contribution is 5.90. The summed E-state index contributed by atoms with van der Waals surface area (Å²) in [5.74, 6) is 6.39. The molecule has 1 N–H and O–H groups in total. The molecule has 86 valence electrons. The summed E-state index contributed by atoms with van der Waals surface area (Å²) >= 11 is 0. The SMILES string of the molecule is CCNCC#Cc1ccc(C)c2ccccc12. The Kier molecular flexibility index (Phi) is 3.80. The lowest BCUT2D eigenvalue weighted by Crippen LogP contribution is -2.11. The van der Waals surface area contributed by atoms with Crippen LogP contribution in [0.4, 0.5) is 0 Å². The van der Waals surface area contributed by atoms with Crippen molar-refractivity contribution in [2.75, 3.05) is 13.1 Å². The third kappa shape index (κ3) is 2.67. The Bertz CT molecular complexity index is 573. The second-order valence-corrected chi connectivity index (χ2v) is 4.06. The van der Waals surface area contributed by atoms with Crippen LogP contribution in [0, 0.1) is 18.8 Å². The Morgan fingerprint density at radius 3 is 2.59 bits per heavy atom. The highest BCUT2D eigenvalue weighted by Crippen LogP contribution is 2.21. The highest BCUT2D eigenvalue weighted by Gasteiger charge is 1.99. The first kappa shape index (κ1) is 11.7. The summed E-state index contributed by atoms with van der Waals surface area (Å²) in [4.78, 5) is 0. The zero-order chi connectivity index (χ0) is 12.1. The van der Waals surface area contributed by atoms with Crippen LogP contribution >= 0.6 is 0 Å². The fraction of sp³-hybridized carbons (Fsp3) is 0.250. The van der Waals surface area contributed by atoms with E-state index in [1.54, 1.807) is 0 Å². The van der Waals surface area contributed by atoms with Gasteiger partial charge in [0.25, 0.3) is 0 Å². The molecule has 0 radical (unpaired) electrons. The molecule has 0 saturated heterocycles. The van der Waals surface area contributed by atoms with E-state index < -0.39 is 0 Å². The second kappa shape index (κ2) is 5.52. The van der Waals surface area contributed by atoms with Gasteiger partial charge in [-0.15, -0.1) is 0 Å². The number of benzene rings is 2. The third-order valence-corrected chi connectivity index (χ3v) is 2.83. The van der Waals surface area contributed by atoms with E-state index in [1.807, 2.05) is 0 Å². The van der Waals surface area contributed by atoms with Gasteiger partial charge in [-0.05, 0) is 35.9 Å². The van der Waals surface area contributed by atoms with Gasteiger partial charge in [-0.3, -0.25) is 0 Å². The number of hydrogen-bond acceptors (Lipinski definition) is 1. The first-order valence-electron chi connectivity index (χ1n) is 6.01. The molecule has 1 nitrogen and oxygen atoms in total. The summed E-state index contributed by atoms with van der Waals surface area (Å²) in [6.07, 6.45) is 0. The minimum absolute atomic E-state index is 0.749. The molecule has 2 aromatic carbocycles. The molecule has 0 atom stereocenters. The summed E-state index contributed by atoms with van der Waals surface area (Å²) in [6.45, 7) is 5.93. The summed E-state index contributed by atoms with van der Waals surface area (Å²) in [7, 11) is 0. The van der Waals surface area contributed by atoms with Crippen LogP contribution in [0.2, 0.25) is 0 Å². The molecule has 0 unspecified atom stereocenters. The van der Waals surface area contributed by atoms with Crippen LogP contribution in [0.1, 0.15) is 18.1 Å². The van der Waals surface area contributed by atoms with Crippen molar-refractivity contribution in [3.05, 3.63) is 47.5 Å². The standard InChI is InChI=1S/C16H17N/c1-3-17-12-6-7-14-11-10-13(2)15-8-4-5-9-16(14)15/h4-5,8-11,17H,3,12H2,1-2H3. The Morgan fingerprint density at radius 2 is 1.82 bits per heavy atom. The van der Waals surface area contributed by atoms with Crippen molar-refractivity contribution in [2.24, 2.45) is 0 Å². The number of rotatable bonds is 2. The zero-order valence-corrected chi connectivity index (χ0v) is 10.4. The molecule has 1 heteroatoms. The van der Waals surface area contributed by atoms with Gasteiger partial charge in [0.15, 0.2) is 0 Å². The average molecular weight is 223 g/mol. The quantitative estimate of drug-likeness (QED) is 0.609. The maximum atomic E-state index is 3.24. The second-order valence-electron chi connectivity index (χ2n) is 4.06. The van der Waals surface area contributed by atoms with Gasteiger partial charge in [0, 0.05) is 5.56 Å². The minimum Gasteiger partial charge on any atom is -0.306 e. The Balaban J connectivity index is 2.40. The van der Waals surface area contributed by atoms with Gasteiger partial charge in [-0.25, -0.2) is 0 Å². The van der Waals surface area contributed by atoms with Crippen molar-refractivity contribution >= 4 is 10.8 Å². The summed E-state index contributed by atoms with van der Waals surface area (Å²) in [5.41, 5.74) is 2.42. The molecule has 0 aromatic heterocycles. The van der Waals surface area contributed by atoms with E-state index in [0.29, 0.717) is 0 Å². The van der Waals surface area contributed by atoms with Gasteiger partial charge in [-0.1, -0.05) is 49.1 Å². The largest absolute Gasteiger partial charge is 0.306 e. The van der Waals surface area contributed by atoms with Crippen LogP contribution in [0.3, 0.4) is 0 Å². The van der Waals surface area contributed by atoms with Gasteiger partial charge in [0.05, 0.1) is 6.54 Å². The lowest BCUT2D eigenvalue weighted by atomic mass is 10.0. The molecule has 0 saturated carbocycles. The van der Waals surface area contributed by atoms with Crippen molar-refractivity contribution in [2.45, 2.75) is 13.8 Å². The van der Waals surface area contributed by atoms with E-state index in [1.165, 1.54) is 16.3 Å². The monoisotopic (exact) mass is 223 g/mol.